The minimum Gasteiger partial charge on any atom is -0.459 e. The Morgan fingerprint density at radius 3 is 1.60 bits per heavy atom. The molecule has 0 amide bonds. The van der Waals surface area contributed by atoms with Gasteiger partial charge in [-0.3, -0.25) is 0 Å². The number of fused-ring (bicyclic) bond motifs is 15. The van der Waals surface area contributed by atoms with Gasteiger partial charge in [0.05, 0.1) is 0 Å². The van der Waals surface area contributed by atoms with Crippen molar-refractivity contribution < 1.29 is 4.42 Å². The van der Waals surface area contributed by atoms with E-state index in [1.54, 1.807) is 0 Å². The maximum absolute atomic E-state index is 7.00. The van der Waals surface area contributed by atoms with Crippen LogP contribution in [0.15, 0.2) is 217 Å². The third-order valence-electron chi connectivity index (χ3n) is 14.1. The maximum atomic E-state index is 7.00. The first-order valence-electron chi connectivity index (χ1n) is 21.7. The molecule has 3 aliphatic rings. The van der Waals surface area contributed by atoms with Crippen molar-refractivity contribution in [2.24, 2.45) is 0 Å². The molecule has 1 spiro atoms. The summed E-state index contributed by atoms with van der Waals surface area (Å²) in [4.78, 5) is 2.41. The lowest BCUT2D eigenvalue weighted by Gasteiger charge is -2.29. The number of hydrogen-bond acceptors (Lipinski definition) is 2. The Morgan fingerprint density at radius 2 is 0.871 bits per heavy atom. The minimum atomic E-state index is -0.559. The Balaban J connectivity index is 0.965. The molecule has 3 aliphatic carbocycles. The second-order valence-corrected chi connectivity index (χ2v) is 17.6. The quantitative estimate of drug-likeness (QED) is 0.173. The number of benzene rings is 9. The van der Waals surface area contributed by atoms with Gasteiger partial charge >= 0.3 is 0 Å². The highest BCUT2D eigenvalue weighted by atomic mass is 16.3. The van der Waals surface area contributed by atoms with E-state index in [0.29, 0.717) is 0 Å². The molecule has 10 aromatic rings. The molecule has 1 heterocycles. The van der Waals surface area contributed by atoms with E-state index in [9.17, 15) is 0 Å². The van der Waals surface area contributed by atoms with Crippen LogP contribution in [0.5, 0.6) is 0 Å². The molecule has 1 unspecified atom stereocenters. The van der Waals surface area contributed by atoms with Gasteiger partial charge in [-0.2, -0.15) is 0 Å². The van der Waals surface area contributed by atoms with Crippen LogP contribution in [0.25, 0.3) is 66.6 Å². The number of rotatable bonds is 5. The van der Waals surface area contributed by atoms with Crippen molar-refractivity contribution in [3.63, 3.8) is 0 Å². The van der Waals surface area contributed by atoms with Crippen molar-refractivity contribution in [2.75, 3.05) is 4.90 Å². The molecule has 1 aromatic heterocycles. The van der Waals surface area contributed by atoms with Crippen molar-refractivity contribution in [1.82, 2.24) is 0 Å². The maximum Gasteiger partial charge on any atom is 0.135 e. The minimum absolute atomic E-state index is 0.112. The van der Waals surface area contributed by atoms with Gasteiger partial charge in [-0.15, -0.1) is 0 Å². The van der Waals surface area contributed by atoms with E-state index in [4.69, 9.17) is 4.42 Å². The molecule has 0 bridgehead atoms. The summed E-state index contributed by atoms with van der Waals surface area (Å²) in [5, 5.41) is 1.17. The molecular weight excluding hydrogens is 751 g/mol. The van der Waals surface area contributed by atoms with E-state index in [-0.39, 0.29) is 5.41 Å². The first-order chi connectivity index (χ1) is 30.5. The van der Waals surface area contributed by atoms with Crippen LogP contribution < -0.4 is 4.90 Å². The monoisotopic (exact) mass is 791 g/mol. The highest BCUT2D eigenvalue weighted by Gasteiger charge is 2.55. The van der Waals surface area contributed by atoms with Gasteiger partial charge in [0.2, 0.25) is 0 Å². The van der Waals surface area contributed by atoms with Crippen molar-refractivity contribution in [1.29, 1.82) is 0 Å². The molecule has 62 heavy (non-hydrogen) atoms. The fourth-order valence-corrected chi connectivity index (χ4v) is 11.3. The summed E-state index contributed by atoms with van der Waals surface area (Å²) in [7, 11) is 0. The molecule has 0 saturated heterocycles. The molecule has 0 N–H and O–H groups in total. The lowest BCUT2D eigenvalue weighted by atomic mass is 9.73. The Morgan fingerprint density at radius 1 is 0.355 bits per heavy atom. The third-order valence-corrected chi connectivity index (χ3v) is 14.1. The molecule has 2 nitrogen and oxygen atoms in total. The normalized spacial score (nSPS) is 15.8. The molecule has 292 valence electrons. The molecule has 1 atom stereocenters. The van der Waals surface area contributed by atoms with Crippen LogP contribution >= 0.6 is 0 Å². The van der Waals surface area contributed by atoms with E-state index in [0.717, 1.165) is 28.4 Å². The van der Waals surface area contributed by atoms with Gasteiger partial charge in [0.1, 0.15) is 16.8 Å². The molecule has 9 aromatic carbocycles. The number of nitrogens with zero attached hydrogens (tertiary/aromatic N) is 1. The largest absolute Gasteiger partial charge is 0.459 e. The standard InChI is InChI=1S/C60H41NO/c1-59(2)50-22-10-6-17-45(50)46-36-35-43(37-54(46)59)61(41-31-27-39(28-32-41)38-15-4-3-5-16-38)42-33-29-40(30-34-42)44-21-14-25-53-56(44)47-18-7-11-23-51(47)60(53)52-24-12-8-19-48(52)57-49-20-9-13-26-55(49)62-58(57)60/h3-37H,1-2H3. The van der Waals surface area contributed by atoms with Crippen LogP contribution in [-0.4, -0.2) is 0 Å². The van der Waals surface area contributed by atoms with Crippen LogP contribution in [0, 0.1) is 0 Å². The predicted octanol–water partition coefficient (Wildman–Crippen LogP) is 15.9. The molecular formula is C60H41NO. The van der Waals surface area contributed by atoms with Crippen LogP contribution in [0.2, 0.25) is 0 Å². The first kappa shape index (κ1) is 35.1. The van der Waals surface area contributed by atoms with Gasteiger partial charge < -0.3 is 9.32 Å². The van der Waals surface area contributed by atoms with Crippen molar-refractivity contribution in [2.45, 2.75) is 24.7 Å². The summed E-state index contributed by atoms with van der Waals surface area (Å²) in [6.45, 7) is 4.71. The predicted molar refractivity (Wildman–Crippen MR) is 256 cm³/mol. The van der Waals surface area contributed by atoms with Crippen molar-refractivity contribution >= 4 is 28.0 Å². The molecule has 0 aliphatic heterocycles. The Labute approximate surface area is 362 Å². The van der Waals surface area contributed by atoms with Crippen LogP contribution in [0.4, 0.5) is 17.1 Å². The molecule has 13 rings (SSSR count). The summed E-state index contributed by atoms with van der Waals surface area (Å²) in [6.07, 6.45) is 0. The summed E-state index contributed by atoms with van der Waals surface area (Å²) in [5.41, 5.74) is 22.6. The van der Waals surface area contributed by atoms with Gasteiger partial charge in [-0.25, -0.2) is 0 Å². The van der Waals surface area contributed by atoms with Crippen LogP contribution in [0.3, 0.4) is 0 Å². The van der Waals surface area contributed by atoms with E-state index >= 15 is 0 Å². The van der Waals surface area contributed by atoms with Crippen LogP contribution in [0.1, 0.15) is 47.4 Å². The summed E-state index contributed by atoms with van der Waals surface area (Å²) < 4.78 is 7.00. The molecule has 0 radical (unpaired) electrons. The Hall–Kier alpha value is -7.68. The Kier molecular flexibility index (Phi) is 7.31. The zero-order valence-electron chi connectivity index (χ0n) is 34.6. The lowest BCUT2D eigenvalue weighted by Crippen LogP contribution is -2.25. The third kappa shape index (κ3) is 4.69. The number of furan rings is 1. The first-order valence-corrected chi connectivity index (χ1v) is 21.7. The Bertz CT molecular complexity index is 3430. The topological polar surface area (TPSA) is 16.4 Å². The van der Waals surface area contributed by atoms with E-state index in [1.807, 2.05) is 0 Å². The number of hydrogen-bond donors (Lipinski definition) is 0. The van der Waals surface area contributed by atoms with Crippen molar-refractivity contribution in [3.8, 4) is 55.6 Å². The molecule has 0 saturated carbocycles. The molecule has 2 heteroatoms. The van der Waals surface area contributed by atoms with Crippen LogP contribution in [-0.2, 0) is 10.8 Å². The smallest absolute Gasteiger partial charge is 0.135 e. The fraction of sp³-hybridized carbons (Fsp3) is 0.0667. The number of anilines is 3. The summed E-state index contributed by atoms with van der Waals surface area (Å²) >= 11 is 0. The van der Waals surface area contributed by atoms with Crippen molar-refractivity contribution in [3.05, 3.63) is 246 Å². The van der Waals surface area contributed by atoms with E-state index in [1.165, 1.54) is 88.8 Å². The van der Waals surface area contributed by atoms with Gasteiger partial charge in [0, 0.05) is 33.4 Å². The second kappa shape index (κ2) is 12.9. The summed E-state index contributed by atoms with van der Waals surface area (Å²) in [5.74, 6) is 1.02. The average molecular weight is 792 g/mol. The second-order valence-electron chi connectivity index (χ2n) is 17.6. The highest BCUT2D eigenvalue weighted by molar-refractivity contribution is 6.06. The SMILES string of the molecule is CC1(C)c2ccccc2-c2ccc(N(c3ccc(-c4ccccc4)cc3)c3ccc(-c4cccc5c4-c4ccccc4C54c5ccccc5-c5c4oc4ccccc54)cc3)cc21. The zero-order chi connectivity index (χ0) is 41.2. The zero-order valence-corrected chi connectivity index (χ0v) is 34.6. The average Bonchev–Trinajstić information content (AvgIpc) is 4.02. The van der Waals surface area contributed by atoms with E-state index < -0.39 is 5.41 Å². The van der Waals surface area contributed by atoms with Gasteiger partial charge in [0.25, 0.3) is 0 Å². The van der Waals surface area contributed by atoms with E-state index in [2.05, 4.69) is 231 Å². The van der Waals surface area contributed by atoms with Gasteiger partial charge in [-0.1, -0.05) is 184 Å². The molecule has 0 fully saturated rings. The van der Waals surface area contributed by atoms with Gasteiger partial charge in [-0.05, 0) is 120 Å². The lowest BCUT2D eigenvalue weighted by molar-refractivity contribution is 0.507. The fourth-order valence-electron chi connectivity index (χ4n) is 11.3. The van der Waals surface area contributed by atoms with Gasteiger partial charge in [0.15, 0.2) is 0 Å². The number of para-hydroxylation sites is 1. The summed E-state index contributed by atoms with van der Waals surface area (Å²) in [6, 6.07) is 78.0. The highest BCUT2D eigenvalue weighted by Crippen LogP contribution is 2.65.